The second-order valence-electron chi connectivity index (χ2n) is 1.56. The van der Waals surface area contributed by atoms with E-state index < -0.39 is 23.4 Å². The average Bonchev–Trinajstić information content (AvgIpc) is 2.32. The minimum atomic E-state index is -1.51. The molecule has 7 nitrogen and oxygen atoms in total. The van der Waals surface area contributed by atoms with Crippen molar-refractivity contribution in [3.8, 4) is 0 Å². The van der Waals surface area contributed by atoms with Crippen molar-refractivity contribution in [1.29, 1.82) is 0 Å². The topological polar surface area (TPSA) is 114 Å². The SMILES string of the molecule is O=C(O)c1nnoc1C(=O)O. The third-order valence-electron chi connectivity index (χ3n) is 0.885. The molecule has 1 aromatic rings. The summed E-state index contributed by atoms with van der Waals surface area (Å²) in [5.41, 5.74) is -0.697. The third-order valence-corrected chi connectivity index (χ3v) is 0.885. The van der Waals surface area contributed by atoms with Crippen molar-refractivity contribution in [1.82, 2.24) is 10.4 Å². The van der Waals surface area contributed by atoms with E-state index in [1.165, 1.54) is 0 Å². The van der Waals surface area contributed by atoms with Crippen LogP contribution in [0.1, 0.15) is 21.0 Å². The Balaban J connectivity index is 3.16. The Kier molecular flexibility index (Phi) is 1.55. The molecule has 11 heavy (non-hydrogen) atoms. The number of carboxylic acid groups (broad SMARTS) is 2. The lowest BCUT2D eigenvalue weighted by molar-refractivity contribution is 0.0618. The summed E-state index contributed by atoms with van der Waals surface area (Å²) in [7, 11) is 0. The summed E-state index contributed by atoms with van der Waals surface area (Å²) in [6.45, 7) is 0. The number of aromatic carboxylic acids is 2. The highest BCUT2D eigenvalue weighted by Gasteiger charge is 2.22. The van der Waals surface area contributed by atoms with Gasteiger partial charge in [-0.15, -0.1) is 5.10 Å². The fourth-order valence-electron chi connectivity index (χ4n) is 0.471. The molecular weight excluding hydrogens is 156 g/mol. The lowest BCUT2D eigenvalue weighted by atomic mass is 10.3. The fourth-order valence-corrected chi connectivity index (χ4v) is 0.471. The molecule has 0 saturated heterocycles. The zero-order valence-corrected chi connectivity index (χ0v) is 5.01. The minimum absolute atomic E-state index is 0.697. The second kappa shape index (κ2) is 2.37. The molecule has 0 aliphatic carbocycles. The third kappa shape index (κ3) is 1.16. The maximum atomic E-state index is 10.2. The highest BCUT2D eigenvalue weighted by molar-refractivity contribution is 5.97. The normalized spacial score (nSPS) is 9.45. The summed E-state index contributed by atoms with van der Waals surface area (Å²) >= 11 is 0. The molecule has 7 heteroatoms. The maximum Gasteiger partial charge on any atom is 0.377 e. The minimum Gasteiger partial charge on any atom is -0.476 e. The van der Waals surface area contributed by atoms with Crippen molar-refractivity contribution in [2.75, 3.05) is 0 Å². The van der Waals surface area contributed by atoms with Gasteiger partial charge in [0, 0.05) is 5.27 Å². The average molecular weight is 158 g/mol. The number of rotatable bonds is 2. The first-order valence-electron chi connectivity index (χ1n) is 2.42. The first kappa shape index (κ1) is 7.19. The molecule has 2 N–H and O–H groups in total. The molecule has 0 radical (unpaired) electrons. The predicted octanol–water partition coefficient (Wildman–Crippen LogP) is -0.534. The molecule has 0 aliphatic heterocycles. The van der Waals surface area contributed by atoms with Gasteiger partial charge in [-0.2, -0.15) is 0 Å². The van der Waals surface area contributed by atoms with Gasteiger partial charge >= 0.3 is 11.9 Å². The largest absolute Gasteiger partial charge is 0.476 e. The monoisotopic (exact) mass is 158 g/mol. The van der Waals surface area contributed by atoms with Crippen LogP contribution in [0.5, 0.6) is 0 Å². The Labute approximate surface area is 59.2 Å². The fraction of sp³-hybridized carbons (Fsp3) is 0. The molecular formula is C4H2N2O5. The Bertz CT molecular complexity index is 275. The number of nitrogens with zero attached hydrogens (tertiary/aromatic N) is 2. The molecule has 0 aliphatic rings. The Hall–Kier alpha value is -1.92. The van der Waals surface area contributed by atoms with Crippen LogP contribution in [0.2, 0.25) is 0 Å². The van der Waals surface area contributed by atoms with Crippen LogP contribution in [0.4, 0.5) is 0 Å². The molecule has 1 rings (SSSR count). The second-order valence-corrected chi connectivity index (χ2v) is 1.56. The Morgan fingerprint density at radius 2 is 1.91 bits per heavy atom. The van der Waals surface area contributed by atoms with Crippen molar-refractivity contribution in [3.05, 3.63) is 11.5 Å². The smallest absolute Gasteiger partial charge is 0.377 e. The van der Waals surface area contributed by atoms with Gasteiger partial charge in [0.05, 0.1) is 0 Å². The summed E-state index contributed by atoms with van der Waals surface area (Å²) in [6.07, 6.45) is 0. The van der Waals surface area contributed by atoms with Gasteiger partial charge in [0.25, 0.3) is 5.76 Å². The van der Waals surface area contributed by atoms with Crippen LogP contribution in [0.25, 0.3) is 0 Å². The van der Waals surface area contributed by atoms with Gasteiger partial charge < -0.3 is 14.7 Å². The number of hydrogen-bond acceptors (Lipinski definition) is 5. The molecule has 0 aromatic carbocycles. The molecule has 1 aromatic heterocycles. The standard InChI is InChI=1S/C4H2N2O5/c7-3(8)1-2(4(9)10)11-6-5-1/h(H,7,8)(H,9,10). The van der Waals surface area contributed by atoms with Crippen molar-refractivity contribution >= 4 is 11.9 Å². The zero-order chi connectivity index (χ0) is 8.43. The molecule has 0 unspecified atom stereocenters. The van der Waals surface area contributed by atoms with E-state index in [1.54, 1.807) is 0 Å². The van der Waals surface area contributed by atoms with Gasteiger partial charge in [0.15, 0.2) is 0 Å². The quantitative estimate of drug-likeness (QED) is 0.594. The summed E-state index contributed by atoms with van der Waals surface area (Å²) in [4.78, 5) is 20.3. The lowest BCUT2D eigenvalue weighted by Crippen LogP contribution is -2.05. The lowest BCUT2D eigenvalue weighted by Gasteiger charge is -1.84. The molecule has 0 fully saturated rings. The van der Waals surface area contributed by atoms with E-state index in [-0.39, 0.29) is 0 Å². The van der Waals surface area contributed by atoms with E-state index >= 15 is 0 Å². The molecule has 58 valence electrons. The van der Waals surface area contributed by atoms with Gasteiger partial charge in [-0.05, 0) is 0 Å². The van der Waals surface area contributed by atoms with Crippen molar-refractivity contribution in [3.63, 3.8) is 0 Å². The van der Waals surface area contributed by atoms with E-state index in [4.69, 9.17) is 10.2 Å². The van der Waals surface area contributed by atoms with Crippen molar-refractivity contribution < 1.29 is 24.3 Å². The molecule has 1 heterocycles. The van der Waals surface area contributed by atoms with Crippen molar-refractivity contribution in [2.24, 2.45) is 0 Å². The molecule has 0 atom stereocenters. The summed E-state index contributed by atoms with van der Waals surface area (Å²) in [6, 6.07) is 0. The molecule has 0 saturated carbocycles. The van der Waals surface area contributed by atoms with Crippen molar-refractivity contribution in [2.45, 2.75) is 0 Å². The van der Waals surface area contributed by atoms with Gasteiger partial charge in [0.1, 0.15) is 0 Å². The van der Waals surface area contributed by atoms with Gasteiger partial charge in [-0.25, -0.2) is 9.59 Å². The van der Waals surface area contributed by atoms with Gasteiger partial charge in [-0.3, -0.25) is 0 Å². The van der Waals surface area contributed by atoms with Crippen LogP contribution in [0, 0.1) is 0 Å². The van der Waals surface area contributed by atoms with Crippen LogP contribution in [-0.2, 0) is 0 Å². The number of hydrogen-bond donors (Lipinski definition) is 2. The van der Waals surface area contributed by atoms with Crippen LogP contribution in [0.3, 0.4) is 0 Å². The van der Waals surface area contributed by atoms with E-state index in [9.17, 15) is 9.59 Å². The van der Waals surface area contributed by atoms with Crippen LogP contribution in [-0.4, -0.2) is 32.5 Å². The van der Waals surface area contributed by atoms with Gasteiger partial charge in [-0.1, -0.05) is 0 Å². The van der Waals surface area contributed by atoms with Crippen LogP contribution in [0.15, 0.2) is 4.52 Å². The van der Waals surface area contributed by atoms with Crippen LogP contribution < -0.4 is 0 Å². The van der Waals surface area contributed by atoms with E-state index in [0.29, 0.717) is 0 Å². The predicted molar refractivity (Wildman–Crippen MR) is 28.2 cm³/mol. The first-order chi connectivity index (χ1) is 5.13. The number of aromatic nitrogens is 2. The maximum absolute atomic E-state index is 10.2. The Morgan fingerprint density at radius 3 is 2.27 bits per heavy atom. The van der Waals surface area contributed by atoms with Crippen LogP contribution >= 0.6 is 0 Å². The Morgan fingerprint density at radius 1 is 1.27 bits per heavy atom. The molecule has 0 spiro atoms. The summed E-state index contributed by atoms with van der Waals surface area (Å²) in [5, 5.41) is 22.3. The van der Waals surface area contributed by atoms with E-state index in [0.717, 1.165) is 0 Å². The van der Waals surface area contributed by atoms with Gasteiger partial charge in [0.2, 0.25) is 5.69 Å². The number of carbonyl (C=O) groups is 2. The summed E-state index contributed by atoms with van der Waals surface area (Å²) < 4.78 is 4.05. The summed E-state index contributed by atoms with van der Waals surface area (Å²) in [5.74, 6) is -3.76. The first-order valence-corrected chi connectivity index (χ1v) is 2.42. The molecule has 0 amide bonds. The van der Waals surface area contributed by atoms with E-state index in [1.807, 2.05) is 0 Å². The zero-order valence-electron chi connectivity index (χ0n) is 5.01. The highest BCUT2D eigenvalue weighted by Crippen LogP contribution is 2.03. The molecule has 0 bridgehead atoms. The number of carboxylic acids is 2. The highest BCUT2D eigenvalue weighted by atomic mass is 16.5. The van der Waals surface area contributed by atoms with E-state index in [2.05, 4.69) is 14.9 Å².